The highest BCUT2D eigenvalue weighted by atomic mass is 16.5. The molecule has 0 saturated carbocycles. The number of carbonyl (C=O) groups excluding carboxylic acids is 1. The normalized spacial score (nSPS) is 16.5. The Morgan fingerprint density at radius 2 is 1.90 bits per heavy atom. The maximum absolute atomic E-state index is 12.2. The van der Waals surface area contributed by atoms with Crippen LogP contribution in [0.25, 0.3) is 0 Å². The van der Waals surface area contributed by atoms with Gasteiger partial charge in [0.2, 0.25) is 5.91 Å². The van der Waals surface area contributed by atoms with Crippen LogP contribution in [0.3, 0.4) is 0 Å². The minimum Gasteiger partial charge on any atom is -0.478 e. The highest BCUT2D eigenvalue weighted by molar-refractivity contribution is 5.87. The van der Waals surface area contributed by atoms with Crippen LogP contribution in [0, 0.1) is 0 Å². The fourth-order valence-corrected chi connectivity index (χ4v) is 2.18. The number of carboxylic acid groups (broad SMARTS) is 1. The molecule has 0 aliphatic carbocycles. The molecular formula is C15H20N2O4. The highest BCUT2D eigenvalue weighted by Gasteiger charge is 2.21. The lowest BCUT2D eigenvalue weighted by molar-refractivity contribution is -0.137. The van der Waals surface area contributed by atoms with Gasteiger partial charge in [0.05, 0.1) is 24.8 Å². The first-order chi connectivity index (χ1) is 10.1. The van der Waals surface area contributed by atoms with Crippen LogP contribution < -0.4 is 5.32 Å². The number of morpholine rings is 1. The zero-order valence-corrected chi connectivity index (χ0v) is 12.0. The van der Waals surface area contributed by atoms with Gasteiger partial charge in [-0.25, -0.2) is 4.79 Å². The van der Waals surface area contributed by atoms with Gasteiger partial charge in [0, 0.05) is 19.6 Å². The molecule has 1 amide bonds. The van der Waals surface area contributed by atoms with Gasteiger partial charge in [0.25, 0.3) is 0 Å². The average molecular weight is 292 g/mol. The maximum atomic E-state index is 12.2. The van der Waals surface area contributed by atoms with E-state index in [0.717, 1.165) is 5.56 Å². The number of rotatable bonds is 5. The summed E-state index contributed by atoms with van der Waals surface area (Å²) < 4.78 is 5.23. The third-order valence-corrected chi connectivity index (χ3v) is 3.51. The zero-order chi connectivity index (χ0) is 15.2. The Morgan fingerprint density at radius 1 is 1.29 bits per heavy atom. The largest absolute Gasteiger partial charge is 0.478 e. The Balaban J connectivity index is 1.83. The van der Waals surface area contributed by atoms with Crippen LogP contribution in [0.4, 0.5) is 0 Å². The lowest BCUT2D eigenvalue weighted by Crippen LogP contribution is -2.49. The predicted molar refractivity (Wildman–Crippen MR) is 77.1 cm³/mol. The molecule has 0 radical (unpaired) electrons. The summed E-state index contributed by atoms with van der Waals surface area (Å²) in [5, 5.41) is 12.0. The van der Waals surface area contributed by atoms with Crippen LogP contribution in [-0.4, -0.2) is 54.2 Å². The second kappa shape index (κ2) is 7.19. The molecule has 2 rings (SSSR count). The molecule has 1 aliphatic heterocycles. The van der Waals surface area contributed by atoms with Crippen LogP contribution in [-0.2, 0) is 16.1 Å². The summed E-state index contributed by atoms with van der Waals surface area (Å²) in [4.78, 5) is 24.8. The molecule has 1 unspecified atom stereocenters. The second-order valence-electron chi connectivity index (χ2n) is 5.04. The van der Waals surface area contributed by atoms with Crippen molar-refractivity contribution in [2.24, 2.45) is 0 Å². The Hall–Kier alpha value is -1.92. The topological polar surface area (TPSA) is 78.9 Å². The third kappa shape index (κ3) is 4.27. The van der Waals surface area contributed by atoms with E-state index in [2.05, 4.69) is 5.32 Å². The number of aromatic carboxylic acids is 1. The van der Waals surface area contributed by atoms with Gasteiger partial charge in [-0.1, -0.05) is 12.1 Å². The molecule has 1 aromatic rings. The Labute approximate surface area is 123 Å². The molecule has 0 spiro atoms. The van der Waals surface area contributed by atoms with Crippen LogP contribution in [0.5, 0.6) is 0 Å². The summed E-state index contributed by atoms with van der Waals surface area (Å²) in [5.74, 6) is -0.870. The number of nitrogens with zero attached hydrogens (tertiary/aromatic N) is 1. The molecule has 1 fully saturated rings. The summed E-state index contributed by atoms with van der Waals surface area (Å²) in [5.41, 5.74) is 1.21. The zero-order valence-electron chi connectivity index (χ0n) is 12.0. The molecule has 6 heteroatoms. The Bertz CT molecular complexity index is 495. The lowest BCUT2D eigenvalue weighted by Gasteiger charge is -2.29. The summed E-state index contributed by atoms with van der Waals surface area (Å²) in [7, 11) is 0. The molecule has 1 aromatic carbocycles. The number of nitrogens with one attached hydrogen (secondary N) is 1. The van der Waals surface area contributed by atoms with E-state index in [0.29, 0.717) is 32.8 Å². The van der Waals surface area contributed by atoms with E-state index < -0.39 is 5.97 Å². The number of hydrogen-bond donors (Lipinski definition) is 2. The van der Waals surface area contributed by atoms with Crippen LogP contribution in [0.1, 0.15) is 22.8 Å². The summed E-state index contributed by atoms with van der Waals surface area (Å²) in [6, 6.07) is 6.36. The molecule has 21 heavy (non-hydrogen) atoms. The van der Waals surface area contributed by atoms with E-state index in [-0.39, 0.29) is 17.5 Å². The number of amides is 1. The van der Waals surface area contributed by atoms with Gasteiger partial charge in [0.15, 0.2) is 0 Å². The fourth-order valence-electron chi connectivity index (χ4n) is 2.18. The molecule has 0 bridgehead atoms. The second-order valence-corrected chi connectivity index (χ2v) is 5.04. The first-order valence-corrected chi connectivity index (χ1v) is 7.00. The molecule has 1 atom stereocenters. The van der Waals surface area contributed by atoms with E-state index in [1.807, 2.05) is 6.92 Å². The number of hydrogen-bond acceptors (Lipinski definition) is 4. The smallest absolute Gasteiger partial charge is 0.335 e. The minimum absolute atomic E-state index is 0.0699. The van der Waals surface area contributed by atoms with Crippen LogP contribution in [0.15, 0.2) is 24.3 Å². The quantitative estimate of drug-likeness (QED) is 0.836. The number of carbonyl (C=O) groups is 2. The summed E-state index contributed by atoms with van der Waals surface area (Å²) in [6.45, 7) is 4.82. The molecule has 1 saturated heterocycles. The van der Waals surface area contributed by atoms with Gasteiger partial charge in [-0.15, -0.1) is 0 Å². The van der Waals surface area contributed by atoms with E-state index in [1.54, 1.807) is 29.2 Å². The summed E-state index contributed by atoms with van der Waals surface area (Å²) >= 11 is 0. The van der Waals surface area contributed by atoms with Crippen molar-refractivity contribution < 1.29 is 19.4 Å². The Kier molecular flexibility index (Phi) is 5.30. The fraction of sp³-hybridized carbons (Fsp3) is 0.467. The third-order valence-electron chi connectivity index (χ3n) is 3.51. The van der Waals surface area contributed by atoms with Crippen LogP contribution >= 0.6 is 0 Å². The highest BCUT2D eigenvalue weighted by Crippen LogP contribution is 2.06. The Morgan fingerprint density at radius 3 is 2.48 bits per heavy atom. The molecule has 1 heterocycles. The van der Waals surface area contributed by atoms with E-state index in [1.165, 1.54) is 0 Å². The number of benzene rings is 1. The number of carboxylic acids is 1. The first kappa shape index (κ1) is 15.5. The van der Waals surface area contributed by atoms with Crippen molar-refractivity contribution >= 4 is 11.9 Å². The lowest BCUT2D eigenvalue weighted by atomic mass is 10.1. The van der Waals surface area contributed by atoms with Gasteiger partial charge in [-0.2, -0.15) is 0 Å². The van der Waals surface area contributed by atoms with Crippen molar-refractivity contribution in [2.75, 3.05) is 26.3 Å². The average Bonchev–Trinajstić information content (AvgIpc) is 2.53. The molecule has 0 aromatic heterocycles. The van der Waals surface area contributed by atoms with Gasteiger partial charge < -0.3 is 20.1 Å². The molecule has 1 aliphatic rings. The van der Waals surface area contributed by atoms with Crippen molar-refractivity contribution in [1.82, 2.24) is 10.2 Å². The van der Waals surface area contributed by atoms with E-state index in [4.69, 9.17) is 9.84 Å². The van der Waals surface area contributed by atoms with Crippen molar-refractivity contribution in [1.29, 1.82) is 0 Å². The predicted octanol–water partition coefficient (Wildman–Crippen LogP) is 0.722. The minimum atomic E-state index is -0.939. The van der Waals surface area contributed by atoms with Crippen molar-refractivity contribution in [3.05, 3.63) is 35.4 Å². The standard InChI is InChI=1S/C15H20N2O4/c1-11(14(18)17-6-8-21-9-7-17)16-10-12-2-4-13(5-3-12)15(19)20/h2-5,11,16H,6-10H2,1H3,(H,19,20). The van der Waals surface area contributed by atoms with Crippen molar-refractivity contribution in [3.63, 3.8) is 0 Å². The maximum Gasteiger partial charge on any atom is 0.335 e. The molecular weight excluding hydrogens is 272 g/mol. The number of ether oxygens (including phenoxy) is 1. The SMILES string of the molecule is CC(NCc1ccc(C(=O)O)cc1)C(=O)N1CCOCC1. The molecule has 6 nitrogen and oxygen atoms in total. The first-order valence-electron chi connectivity index (χ1n) is 7.00. The van der Waals surface area contributed by atoms with E-state index >= 15 is 0 Å². The van der Waals surface area contributed by atoms with Gasteiger partial charge in [0.1, 0.15) is 0 Å². The van der Waals surface area contributed by atoms with Crippen molar-refractivity contribution in [3.8, 4) is 0 Å². The molecule has 2 N–H and O–H groups in total. The van der Waals surface area contributed by atoms with Gasteiger partial charge in [-0.3, -0.25) is 4.79 Å². The van der Waals surface area contributed by atoms with Gasteiger partial charge in [-0.05, 0) is 24.6 Å². The molecule has 114 valence electrons. The van der Waals surface area contributed by atoms with Gasteiger partial charge >= 0.3 is 5.97 Å². The van der Waals surface area contributed by atoms with Crippen molar-refractivity contribution in [2.45, 2.75) is 19.5 Å². The van der Waals surface area contributed by atoms with Crippen LogP contribution in [0.2, 0.25) is 0 Å². The van der Waals surface area contributed by atoms with E-state index in [9.17, 15) is 9.59 Å². The monoisotopic (exact) mass is 292 g/mol. The summed E-state index contributed by atoms with van der Waals surface area (Å²) in [6.07, 6.45) is 0.